The van der Waals surface area contributed by atoms with Crippen LogP contribution in [0.1, 0.15) is 12.5 Å². The van der Waals surface area contributed by atoms with E-state index in [0.717, 1.165) is 11.8 Å². The summed E-state index contributed by atoms with van der Waals surface area (Å²) in [6, 6.07) is 3.09. The number of imide groups is 1. The van der Waals surface area contributed by atoms with Crippen LogP contribution in [0.4, 0.5) is 4.79 Å². The molecule has 1 aromatic rings. The molecule has 100 valence electrons. The predicted octanol–water partition coefficient (Wildman–Crippen LogP) is 2.88. The van der Waals surface area contributed by atoms with Gasteiger partial charge in [-0.2, -0.15) is 0 Å². The third-order valence-corrected chi connectivity index (χ3v) is 3.80. The number of halogens is 1. The molecule has 7 heteroatoms. The molecule has 1 aliphatic heterocycles. The van der Waals surface area contributed by atoms with Gasteiger partial charge in [-0.15, -0.1) is 0 Å². The van der Waals surface area contributed by atoms with Gasteiger partial charge in [0.1, 0.15) is 0 Å². The molecule has 19 heavy (non-hydrogen) atoms. The van der Waals surface area contributed by atoms with Gasteiger partial charge in [-0.05, 0) is 42.5 Å². The Morgan fingerprint density at radius 2 is 2.21 bits per heavy atom. The van der Waals surface area contributed by atoms with Gasteiger partial charge in [0.05, 0.1) is 11.5 Å². The summed E-state index contributed by atoms with van der Waals surface area (Å²) in [4.78, 5) is 22.8. The van der Waals surface area contributed by atoms with Crippen LogP contribution in [0.2, 0.25) is 0 Å². The van der Waals surface area contributed by atoms with Gasteiger partial charge < -0.3 is 9.84 Å². The maximum absolute atomic E-state index is 11.5. The van der Waals surface area contributed by atoms with E-state index >= 15 is 0 Å². The molecule has 0 radical (unpaired) electrons. The van der Waals surface area contributed by atoms with Gasteiger partial charge in [0.25, 0.3) is 11.1 Å². The predicted molar refractivity (Wildman–Crippen MR) is 76.1 cm³/mol. The number of phenolic OH excluding ortho intramolecular Hbond substituents is 1. The Morgan fingerprint density at radius 3 is 2.79 bits per heavy atom. The van der Waals surface area contributed by atoms with Crippen LogP contribution in [0.15, 0.2) is 21.5 Å². The Morgan fingerprint density at radius 1 is 1.47 bits per heavy atom. The van der Waals surface area contributed by atoms with Crippen LogP contribution in [0.25, 0.3) is 6.08 Å². The normalized spacial score (nSPS) is 16.8. The van der Waals surface area contributed by atoms with Crippen molar-refractivity contribution in [1.82, 2.24) is 5.32 Å². The molecule has 0 spiro atoms. The molecule has 2 amide bonds. The molecule has 1 heterocycles. The SMILES string of the molecule is CCOc1cc(C=C2SC(=O)NC2=O)c(Br)cc1O. The molecule has 0 bridgehead atoms. The molecular weight excluding hydrogens is 334 g/mol. The van der Waals surface area contributed by atoms with E-state index in [1.54, 1.807) is 19.1 Å². The Kier molecular flexibility index (Phi) is 4.16. The summed E-state index contributed by atoms with van der Waals surface area (Å²) < 4.78 is 5.88. The minimum atomic E-state index is -0.423. The molecule has 1 saturated heterocycles. The van der Waals surface area contributed by atoms with E-state index in [-0.39, 0.29) is 5.75 Å². The number of carbonyl (C=O) groups is 2. The summed E-state index contributed by atoms with van der Waals surface area (Å²) in [5, 5.41) is 11.5. The lowest BCUT2D eigenvalue weighted by Crippen LogP contribution is -2.17. The zero-order valence-corrected chi connectivity index (χ0v) is 12.3. The van der Waals surface area contributed by atoms with Crippen LogP contribution in [-0.2, 0) is 4.79 Å². The molecule has 1 aromatic carbocycles. The molecule has 1 aliphatic rings. The number of hydrogen-bond acceptors (Lipinski definition) is 5. The number of benzene rings is 1. The van der Waals surface area contributed by atoms with Gasteiger partial charge >= 0.3 is 0 Å². The number of ether oxygens (including phenoxy) is 1. The molecule has 2 N–H and O–H groups in total. The highest BCUT2D eigenvalue weighted by Gasteiger charge is 2.25. The van der Waals surface area contributed by atoms with Crippen molar-refractivity contribution < 1.29 is 19.4 Å². The zero-order chi connectivity index (χ0) is 14.0. The van der Waals surface area contributed by atoms with Gasteiger partial charge in [0.15, 0.2) is 11.5 Å². The summed E-state index contributed by atoms with van der Waals surface area (Å²) >= 11 is 4.13. The lowest BCUT2D eigenvalue weighted by Gasteiger charge is -2.08. The second-order valence-electron chi connectivity index (χ2n) is 3.63. The fourth-order valence-corrected chi connectivity index (χ4v) is 2.62. The highest BCUT2D eigenvalue weighted by Crippen LogP contribution is 2.35. The standard InChI is InChI=1S/C12H10BrNO4S/c1-2-18-9-3-6(7(13)5-8(9)15)4-10-11(16)14-12(17)19-10/h3-5,15H,2H2,1H3,(H,14,16,17). The lowest BCUT2D eigenvalue weighted by atomic mass is 10.2. The first-order chi connectivity index (χ1) is 9.01. The summed E-state index contributed by atoms with van der Waals surface area (Å²) in [6.45, 7) is 2.22. The van der Waals surface area contributed by atoms with E-state index in [4.69, 9.17) is 4.74 Å². The molecule has 0 aliphatic carbocycles. The van der Waals surface area contributed by atoms with Crippen LogP contribution in [0.3, 0.4) is 0 Å². The zero-order valence-electron chi connectivity index (χ0n) is 9.90. The third-order valence-electron chi connectivity index (χ3n) is 2.31. The number of rotatable bonds is 3. The quantitative estimate of drug-likeness (QED) is 0.825. The van der Waals surface area contributed by atoms with Gasteiger partial charge in [-0.25, -0.2) is 0 Å². The van der Waals surface area contributed by atoms with Crippen LogP contribution in [0, 0.1) is 0 Å². The molecule has 0 unspecified atom stereocenters. The maximum atomic E-state index is 11.5. The van der Waals surface area contributed by atoms with Crippen molar-refractivity contribution in [2.75, 3.05) is 6.61 Å². The van der Waals surface area contributed by atoms with Crippen molar-refractivity contribution in [1.29, 1.82) is 0 Å². The second kappa shape index (κ2) is 5.66. The van der Waals surface area contributed by atoms with Gasteiger partial charge in [-0.1, -0.05) is 15.9 Å². The number of carbonyl (C=O) groups excluding carboxylic acids is 2. The van der Waals surface area contributed by atoms with Gasteiger partial charge in [-0.3, -0.25) is 14.9 Å². The molecule has 1 fully saturated rings. The number of thioether (sulfide) groups is 1. The Labute approximate surface area is 122 Å². The average Bonchev–Trinajstić information content (AvgIpc) is 2.64. The topological polar surface area (TPSA) is 75.6 Å². The van der Waals surface area contributed by atoms with Crippen molar-refractivity contribution in [3.63, 3.8) is 0 Å². The van der Waals surface area contributed by atoms with Crippen molar-refractivity contribution in [3.05, 3.63) is 27.1 Å². The van der Waals surface area contributed by atoms with E-state index in [9.17, 15) is 14.7 Å². The molecule has 2 rings (SSSR count). The maximum Gasteiger partial charge on any atom is 0.290 e. The van der Waals surface area contributed by atoms with Crippen LogP contribution < -0.4 is 10.1 Å². The van der Waals surface area contributed by atoms with Crippen molar-refractivity contribution in [3.8, 4) is 11.5 Å². The van der Waals surface area contributed by atoms with Crippen molar-refractivity contribution in [2.45, 2.75) is 6.92 Å². The summed E-state index contributed by atoms with van der Waals surface area (Å²) in [6.07, 6.45) is 1.57. The monoisotopic (exact) mass is 343 g/mol. The Balaban J connectivity index is 2.39. The molecule has 0 aromatic heterocycles. The van der Waals surface area contributed by atoms with Crippen LogP contribution >= 0.6 is 27.7 Å². The van der Waals surface area contributed by atoms with E-state index in [0.29, 0.717) is 27.3 Å². The first-order valence-corrected chi connectivity index (χ1v) is 7.02. The van der Waals surface area contributed by atoms with E-state index < -0.39 is 11.1 Å². The number of amides is 2. The Hall–Kier alpha value is -1.47. The minimum Gasteiger partial charge on any atom is -0.504 e. The van der Waals surface area contributed by atoms with E-state index in [1.807, 2.05) is 0 Å². The van der Waals surface area contributed by atoms with E-state index in [1.165, 1.54) is 6.07 Å². The van der Waals surface area contributed by atoms with E-state index in [2.05, 4.69) is 21.2 Å². The largest absolute Gasteiger partial charge is 0.504 e. The van der Waals surface area contributed by atoms with Crippen molar-refractivity contribution in [2.24, 2.45) is 0 Å². The lowest BCUT2D eigenvalue weighted by molar-refractivity contribution is -0.115. The fourth-order valence-electron chi connectivity index (χ4n) is 1.50. The highest BCUT2D eigenvalue weighted by atomic mass is 79.9. The third kappa shape index (κ3) is 3.10. The molecular formula is C12H10BrNO4S. The average molecular weight is 344 g/mol. The smallest absolute Gasteiger partial charge is 0.290 e. The number of hydrogen-bond donors (Lipinski definition) is 2. The molecule has 0 saturated carbocycles. The summed E-state index contributed by atoms with van der Waals surface area (Å²) in [5.41, 5.74) is 0.647. The molecule has 5 nitrogen and oxygen atoms in total. The van der Waals surface area contributed by atoms with Gasteiger partial charge in [0, 0.05) is 4.47 Å². The molecule has 0 atom stereocenters. The van der Waals surface area contributed by atoms with Crippen LogP contribution in [-0.4, -0.2) is 22.9 Å². The minimum absolute atomic E-state index is 0.00970. The number of phenols is 1. The van der Waals surface area contributed by atoms with Crippen LogP contribution in [0.5, 0.6) is 11.5 Å². The Bertz CT molecular complexity index is 585. The highest BCUT2D eigenvalue weighted by molar-refractivity contribution is 9.10. The summed E-state index contributed by atoms with van der Waals surface area (Å²) in [5.74, 6) is -0.0873. The van der Waals surface area contributed by atoms with Crippen molar-refractivity contribution >= 4 is 44.9 Å². The number of aromatic hydroxyl groups is 1. The summed E-state index contributed by atoms with van der Waals surface area (Å²) in [7, 11) is 0. The number of nitrogens with one attached hydrogen (secondary N) is 1. The second-order valence-corrected chi connectivity index (χ2v) is 5.50. The first kappa shape index (κ1) is 14.0. The first-order valence-electron chi connectivity index (χ1n) is 5.41. The fraction of sp³-hybridized carbons (Fsp3) is 0.167. The van der Waals surface area contributed by atoms with Gasteiger partial charge in [0.2, 0.25) is 0 Å².